The molecule has 2 heterocycles. The predicted octanol–water partition coefficient (Wildman–Crippen LogP) is 5.91. The van der Waals surface area contributed by atoms with E-state index in [9.17, 15) is 14.7 Å². The van der Waals surface area contributed by atoms with Crippen LogP contribution in [0.1, 0.15) is 60.0 Å². The van der Waals surface area contributed by atoms with Gasteiger partial charge in [-0.1, -0.05) is 38.1 Å². The molecule has 0 bridgehead atoms. The first-order valence-corrected chi connectivity index (χ1v) is 12.1. The zero-order valence-corrected chi connectivity index (χ0v) is 20.8. The summed E-state index contributed by atoms with van der Waals surface area (Å²) < 4.78 is 5.48. The van der Waals surface area contributed by atoms with Crippen molar-refractivity contribution in [3.63, 3.8) is 0 Å². The maximum Gasteiger partial charge on any atom is 0.301 e. The summed E-state index contributed by atoms with van der Waals surface area (Å²) in [7, 11) is 0. The number of aliphatic hydroxyl groups is 1. The fourth-order valence-electron chi connectivity index (χ4n) is 4.00. The number of ether oxygens (including phenoxy) is 1. The second kappa shape index (κ2) is 9.43. The fourth-order valence-corrected chi connectivity index (χ4v) is 4.93. The number of anilines is 1. The Morgan fingerprint density at radius 3 is 2.26 bits per heavy atom. The lowest BCUT2D eigenvalue weighted by molar-refractivity contribution is -0.132. The van der Waals surface area contributed by atoms with Gasteiger partial charge in [0.25, 0.3) is 5.78 Å². The number of hydrogen-bond donors (Lipinski definition) is 1. The maximum atomic E-state index is 13.3. The number of ketones is 1. The fraction of sp³-hybridized carbons (Fsp3) is 0.296. The monoisotopic (exact) mass is 476 g/mol. The van der Waals surface area contributed by atoms with Crippen LogP contribution in [0.3, 0.4) is 0 Å². The minimum absolute atomic E-state index is 0.0527. The largest absolute Gasteiger partial charge is 0.507 e. The minimum atomic E-state index is -0.780. The van der Waals surface area contributed by atoms with Gasteiger partial charge in [-0.2, -0.15) is 0 Å². The lowest BCUT2D eigenvalue weighted by Crippen LogP contribution is -2.29. The second-order valence-electron chi connectivity index (χ2n) is 8.59. The molecular formula is C27H28N2O4S. The van der Waals surface area contributed by atoms with E-state index in [0.29, 0.717) is 29.0 Å². The molecule has 1 N–H and O–H groups in total. The van der Waals surface area contributed by atoms with E-state index in [1.165, 1.54) is 16.2 Å². The van der Waals surface area contributed by atoms with Crippen LogP contribution in [-0.4, -0.2) is 28.4 Å². The molecule has 0 aliphatic carbocycles. The average Bonchev–Trinajstić information content (AvgIpc) is 3.29. The van der Waals surface area contributed by atoms with Crippen molar-refractivity contribution in [2.75, 3.05) is 11.5 Å². The third-order valence-electron chi connectivity index (χ3n) is 6.03. The topological polar surface area (TPSA) is 79.7 Å². The average molecular weight is 477 g/mol. The van der Waals surface area contributed by atoms with Gasteiger partial charge >= 0.3 is 5.91 Å². The van der Waals surface area contributed by atoms with Crippen LogP contribution < -0.4 is 9.64 Å². The van der Waals surface area contributed by atoms with Gasteiger partial charge in [-0.15, -0.1) is 11.3 Å². The molecular weight excluding hydrogens is 448 g/mol. The quantitative estimate of drug-likeness (QED) is 0.272. The van der Waals surface area contributed by atoms with E-state index in [1.54, 1.807) is 24.3 Å². The molecule has 2 aromatic carbocycles. The van der Waals surface area contributed by atoms with Gasteiger partial charge in [0.05, 0.1) is 23.9 Å². The van der Waals surface area contributed by atoms with Crippen molar-refractivity contribution in [3.05, 3.63) is 81.4 Å². The molecule has 1 saturated heterocycles. The number of carbonyl (C=O) groups excluding carboxylic acids is 2. The summed E-state index contributed by atoms with van der Waals surface area (Å²) in [6.07, 6.45) is 0. The van der Waals surface area contributed by atoms with Gasteiger partial charge in [0.2, 0.25) is 0 Å². The van der Waals surface area contributed by atoms with E-state index in [1.807, 2.05) is 45.0 Å². The Bertz CT molecular complexity index is 1240. The van der Waals surface area contributed by atoms with E-state index < -0.39 is 17.7 Å². The SMILES string of the molecule is CCOc1ccc(C(O)=C2C(=O)C(=O)N(c3nc(C)c(C)s3)C2c2ccc(C(C)C)cc2)cc1. The maximum absolute atomic E-state index is 13.3. The Balaban J connectivity index is 1.88. The number of rotatable bonds is 6. The molecule has 7 heteroatoms. The van der Waals surface area contributed by atoms with Crippen LogP contribution in [0.2, 0.25) is 0 Å². The van der Waals surface area contributed by atoms with Crippen molar-refractivity contribution in [1.29, 1.82) is 0 Å². The highest BCUT2D eigenvalue weighted by Gasteiger charge is 2.48. The van der Waals surface area contributed by atoms with Crippen LogP contribution >= 0.6 is 11.3 Å². The number of aryl methyl sites for hydroxylation is 2. The number of carbonyl (C=O) groups is 2. The van der Waals surface area contributed by atoms with E-state index in [-0.39, 0.29) is 11.3 Å². The van der Waals surface area contributed by atoms with E-state index >= 15 is 0 Å². The van der Waals surface area contributed by atoms with Crippen molar-refractivity contribution in [3.8, 4) is 5.75 Å². The van der Waals surface area contributed by atoms with Gasteiger partial charge in [-0.3, -0.25) is 14.5 Å². The first kappa shape index (κ1) is 23.7. The van der Waals surface area contributed by atoms with Crippen molar-refractivity contribution >= 4 is 33.9 Å². The van der Waals surface area contributed by atoms with Crippen molar-refractivity contribution in [2.24, 2.45) is 0 Å². The van der Waals surface area contributed by atoms with Gasteiger partial charge in [0.15, 0.2) is 5.13 Å². The molecule has 0 radical (unpaired) electrons. The summed E-state index contributed by atoms with van der Waals surface area (Å²) in [4.78, 5) is 33.4. The minimum Gasteiger partial charge on any atom is -0.507 e. The Labute approximate surface area is 203 Å². The molecule has 6 nitrogen and oxygen atoms in total. The highest BCUT2D eigenvalue weighted by Crippen LogP contribution is 2.44. The van der Waals surface area contributed by atoms with Gasteiger partial charge in [0.1, 0.15) is 11.5 Å². The number of nitrogens with zero attached hydrogens (tertiary/aromatic N) is 2. The van der Waals surface area contributed by atoms with Gasteiger partial charge in [0, 0.05) is 10.4 Å². The first-order chi connectivity index (χ1) is 16.2. The third-order valence-corrected chi connectivity index (χ3v) is 7.10. The summed E-state index contributed by atoms with van der Waals surface area (Å²) in [6.45, 7) is 10.4. The molecule has 0 spiro atoms. The molecule has 1 unspecified atom stereocenters. The summed E-state index contributed by atoms with van der Waals surface area (Å²) >= 11 is 1.36. The van der Waals surface area contributed by atoms with Crippen LogP contribution in [0.15, 0.2) is 54.1 Å². The molecule has 34 heavy (non-hydrogen) atoms. The molecule has 1 aliphatic heterocycles. The molecule has 1 aromatic heterocycles. The summed E-state index contributed by atoms with van der Waals surface area (Å²) in [6, 6.07) is 13.9. The Hall–Kier alpha value is -3.45. The molecule has 1 amide bonds. The number of aromatic nitrogens is 1. The zero-order chi connectivity index (χ0) is 24.6. The lowest BCUT2D eigenvalue weighted by atomic mass is 9.93. The van der Waals surface area contributed by atoms with E-state index in [2.05, 4.69) is 18.8 Å². The number of hydrogen-bond acceptors (Lipinski definition) is 6. The number of amides is 1. The first-order valence-electron chi connectivity index (χ1n) is 11.3. The van der Waals surface area contributed by atoms with Crippen LogP contribution in [0.25, 0.3) is 5.76 Å². The van der Waals surface area contributed by atoms with Crippen molar-refractivity contribution in [1.82, 2.24) is 4.98 Å². The number of aliphatic hydroxyl groups excluding tert-OH is 1. The van der Waals surface area contributed by atoms with Gasteiger partial charge in [-0.25, -0.2) is 4.98 Å². The Kier molecular flexibility index (Phi) is 6.57. The van der Waals surface area contributed by atoms with Crippen LogP contribution in [0.4, 0.5) is 5.13 Å². The molecule has 1 atom stereocenters. The summed E-state index contributed by atoms with van der Waals surface area (Å²) in [5.74, 6) is -0.636. The highest BCUT2D eigenvalue weighted by molar-refractivity contribution is 7.16. The van der Waals surface area contributed by atoms with E-state index in [0.717, 1.165) is 21.7 Å². The van der Waals surface area contributed by atoms with Gasteiger partial charge in [-0.05, 0) is 62.1 Å². The lowest BCUT2D eigenvalue weighted by Gasteiger charge is -2.23. The molecule has 0 saturated carbocycles. The van der Waals surface area contributed by atoms with Crippen molar-refractivity contribution < 1.29 is 19.4 Å². The second-order valence-corrected chi connectivity index (χ2v) is 9.77. The molecule has 176 valence electrons. The van der Waals surface area contributed by atoms with Gasteiger partial charge < -0.3 is 9.84 Å². The zero-order valence-electron chi connectivity index (χ0n) is 20.0. The van der Waals surface area contributed by atoms with E-state index in [4.69, 9.17) is 4.74 Å². The molecule has 4 rings (SSSR count). The number of Topliss-reactive ketones (excluding diaryl/α,β-unsaturated/α-hetero) is 1. The standard InChI is InChI=1S/C27H28N2O4S/c1-6-33-21-13-11-20(12-14-21)24(30)22-23(19-9-7-18(8-10-19)15(2)3)29(26(32)25(22)31)27-28-16(4)17(5)34-27/h7-15,23,30H,6H2,1-5H3. The number of benzene rings is 2. The number of thiazole rings is 1. The third kappa shape index (κ3) is 4.23. The van der Waals surface area contributed by atoms with Crippen LogP contribution in [-0.2, 0) is 9.59 Å². The summed E-state index contributed by atoms with van der Waals surface area (Å²) in [5.41, 5.74) is 3.19. The Morgan fingerprint density at radius 2 is 1.74 bits per heavy atom. The molecule has 3 aromatic rings. The summed E-state index contributed by atoms with van der Waals surface area (Å²) in [5, 5.41) is 11.7. The molecule has 1 aliphatic rings. The smallest absolute Gasteiger partial charge is 0.301 e. The highest BCUT2D eigenvalue weighted by atomic mass is 32.1. The van der Waals surface area contributed by atoms with Crippen molar-refractivity contribution in [2.45, 2.75) is 46.6 Å². The normalized spacial score (nSPS) is 17.6. The predicted molar refractivity (Wildman–Crippen MR) is 135 cm³/mol. The van der Waals surface area contributed by atoms with Crippen LogP contribution in [0.5, 0.6) is 5.75 Å². The Morgan fingerprint density at radius 1 is 1.09 bits per heavy atom. The molecule has 1 fully saturated rings. The van der Waals surface area contributed by atoms with Crippen LogP contribution in [0, 0.1) is 13.8 Å².